The average molecular weight is 418 g/mol. The molecule has 0 atom stereocenters. The van der Waals surface area contributed by atoms with Gasteiger partial charge in [0.2, 0.25) is 11.8 Å². The molecule has 1 fully saturated rings. The molecule has 2 rings (SSSR count). The smallest absolute Gasteiger partial charge is 0.253 e. The second-order valence-corrected chi connectivity index (χ2v) is 9.03. The number of nitrogens with one attached hydrogen (secondary N) is 2. The van der Waals surface area contributed by atoms with E-state index < -0.39 is 0 Å². The molecule has 0 aliphatic carbocycles. The van der Waals surface area contributed by atoms with E-state index in [1.54, 1.807) is 38.4 Å². The number of carbonyl (C=O) groups is 3. The fourth-order valence-corrected chi connectivity index (χ4v) is 3.36. The minimum Gasteiger partial charge on any atom is -0.350 e. The van der Waals surface area contributed by atoms with Gasteiger partial charge in [-0.05, 0) is 64.5 Å². The highest BCUT2D eigenvalue weighted by molar-refractivity contribution is 5.96. The molecule has 8 heteroatoms. The molecular formula is C22H35N5O3. The summed E-state index contributed by atoms with van der Waals surface area (Å²) in [6.45, 7) is 9.77. The number of benzene rings is 1. The van der Waals surface area contributed by atoms with E-state index in [-0.39, 0.29) is 23.3 Å². The Kier molecular flexibility index (Phi) is 8.37. The van der Waals surface area contributed by atoms with Crippen molar-refractivity contribution in [2.24, 2.45) is 0 Å². The summed E-state index contributed by atoms with van der Waals surface area (Å²) in [5.41, 5.74) is 1.03. The van der Waals surface area contributed by atoms with Crippen molar-refractivity contribution in [2.45, 2.75) is 32.7 Å². The lowest BCUT2D eigenvalue weighted by atomic mass is 10.1. The van der Waals surface area contributed by atoms with Crippen molar-refractivity contribution in [3.8, 4) is 0 Å². The van der Waals surface area contributed by atoms with Gasteiger partial charge in [0.15, 0.2) is 0 Å². The largest absolute Gasteiger partial charge is 0.350 e. The Morgan fingerprint density at radius 1 is 0.900 bits per heavy atom. The van der Waals surface area contributed by atoms with Gasteiger partial charge in [0.05, 0.1) is 13.1 Å². The van der Waals surface area contributed by atoms with Gasteiger partial charge < -0.3 is 15.5 Å². The molecule has 0 unspecified atom stereocenters. The first-order chi connectivity index (χ1) is 14.0. The lowest BCUT2D eigenvalue weighted by Gasteiger charge is -2.25. The second kappa shape index (κ2) is 10.5. The molecule has 0 radical (unpaired) electrons. The predicted octanol–water partition coefficient (Wildman–Crippen LogP) is 1.25. The molecule has 0 spiro atoms. The van der Waals surface area contributed by atoms with Crippen molar-refractivity contribution < 1.29 is 14.4 Å². The standard InChI is InChI=1S/C22H35N5O3/c1-22(2,3)24-20(29)16-27-12-6-11-26(13-14-27)15-19(28)23-18-9-7-17(8-10-18)21(30)25(4)5/h7-10H,6,11-16H2,1-5H3,(H,23,28)(H,24,29). The van der Waals surface area contributed by atoms with Crippen LogP contribution in [0.4, 0.5) is 5.69 Å². The van der Waals surface area contributed by atoms with E-state index in [0.717, 1.165) is 32.6 Å². The molecule has 166 valence electrons. The molecule has 0 aromatic heterocycles. The lowest BCUT2D eigenvalue weighted by Crippen LogP contribution is -2.46. The zero-order valence-corrected chi connectivity index (χ0v) is 18.8. The van der Waals surface area contributed by atoms with Crippen molar-refractivity contribution in [1.29, 1.82) is 0 Å². The van der Waals surface area contributed by atoms with Crippen molar-refractivity contribution in [3.63, 3.8) is 0 Å². The van der Waals surface area contributed by atoms with Crippen LogP contribution in [0.25, 0.3) is 0 Å². The molecule has 2 N–H and O–H groups in total. The van der Waals surface area contributed by atoms with Crippen LogP contribution >= 0.6 is 0 Å². The topological polar surface area (TPSA) is 85.0 Å². The van der Waals surface area contributed by atoms with Crippen LogP contribution in [-0.4, -0.2) is 91.3 Å². The van der Waals surface area contributed by atoms with Gasteiger partial charge in [0, 0.05) is 44.0 Å². The molecule has 8 nitrogen and oxygen atoms in total. The summed E-state index contributed by atoms with van der Waals surface area (Å²) in [5, 5.41) is 5.88. The van der Waals surface area contributed by atoms with Gasteiger partial charge in [0.1, 0.15) is 0 Å². The van der Waals surface area contributed by atoms with E-state index in [2.05, 4.69) is 20.4 Å². The number of hydrogen-bond acceptors (Lipinski definition) is 5. The van der Waals surface area contributed by atoms with Crippen molar-refractivity contribution in [2.75, 3.05) is 58.7 Å². The fraction of sp³-hybridized carbons (Fsp3) is 0.591. The van der Waals surface area contributed by atoms with Crippen LogP contribution in [0.3, 0.4) is 0 Å². The number of nitrogens with zero attached hydrogens (tertiary/aromatic N) is 3. The SMILES string of the molecule is CN(C)C(=O)c1ccc(NC(=O)CN2CCCN(CC(=O)NC(C)(C)C)CC2)cc1. The molecule has 3 amide bonds. The number of amides is 3. The summed E-state index contributed by atoms with van der Waals surface area (Å²) in [6.07, 6.45) is 0.914. The van der Waals surface area contributed by atoms with Crippen molar-refractivity contribution in [3.05, 3.63) is 29.8 Å². The molecule has 1 aliphatic rings. The van der Waals surface area contributed by atoms with Gasteiger partial charge >= 0.3 is 0 Å². The Labute approximate surface area is 179 Å². The molecular weight excluding hydrogens is 382 g/mol. The molecule has 1 saturated heterocycles. The third kappa shape index (κ3) is 8.12. The third-order valence-corrected chi connectivity index (χ3v) is 4.75. The normalized spacial score (nSPS) is 15.9. The van der Waals surface area contributed by atoms with E-state index >= 15 is 0 Å². The summed E-state index contributed by atoms with van der Waals surface area (Å²) >= 11 is 0. The molecule has 1 heterocycles. The first-order valence-electron chi connectivity index (χ1n) is 10.4. The van der Waals surface area contributed by atoms with Crippen molar-refractivity contribution in [1.82, 2.24) is 20.0 Å². The maximum atomic E-state index is 12.4. The van der Waals surface area contributed by atoms with Crippen LogP contribution in [0.5, 0.6) is 0 Å². The number of carbonyl (C=O) groups excluding carboxylic acids is 3. The van der Waals surface area contributed by atoms with E-state index in [1.165, 1.54) is 4.90 Å². The van der Waals surface area contributed by atoms with Gasteiger partial charge in [-0.3, -0.25) is 24.2 Å². The van der Waals surface area contributed by atoms with Crippen LogP contribution in [0, 0.1) is 0 Å². The molecule has 30 heavy (non-hydrogen) atoms. The predicted molar refractivity (Wildman–Crippen MR) is 118 cm³/mol. The highest BCUT2D eigenvalue weighted by Gasteiger charge is 2.21. The van der Waals surface area contributed by atoms with E-state index in [0.29, 0.717) is 24.3 Å². The molecule has 1 aliphatic heterocycles. The average Bonchev–Trinajstić information content (AvgIpc) is 2.85. The van der Waals surface area contributed by atoms with Crippen LogP contribution in [0.15, 0.2) is 24.3 Å². The Morgan fingerprint density at radius 2 is 1.43 bits per heavy atom. The summed E-state index contributed by atoms with van der Waals surface area (Å²) in [5.74, 6) is -0.122. The molecule has 1 aromatic carbocycles. The van der Waals surface area contributed by atoms with E-state index in [9.17, 15) is 14.4 Å². The minimum atomic E-state index is -0.231. The summed E-state index contributed by atoms with van der Waals surface area (Å²) in [4.78, 5) is 42.3. The van der Waals surface area contributed by atoms with Gasteiger partial charge in [-0.2, -0.15) is 0 Å². The quantitative estimate of drug-likeness (QED) is 0.728. The number of rotatable bonds is 6. The maximum absolute atomic E-state index is 12.4. The number of anilines is 1. The van der Waals surface area contributed by atoms with Gasteiger partial charge in [0.25, 0.3) is 5.91 Å². The van der Waals surface area contributed by atoms with E-state index in [1.807, 2.05) is 20.8 Å². The molecule has 1 aromatic rings. The Bertz CT molecular complexity index is 740. The Balaban J connectivity index is 1.79. The first-order valence-corrected chi connectivity index (χ1v) is 10.4. The summed E-state index contributed by atoms with van der Waals surface area (Å²) < 4.78 is 0. The first kappa shape index (κ1) is 23.8. The lowest BCUT2D eigenvalue weighted by molar-refractivity contribution is -0.123. The van der Waals surface area contributed by atoms with Gasteiger partial charge in [-0.15, -0.1) is 0 Å². The summed E-state index contributed by atoms with van der Waals surface area (Å²) in [6, 6.07) is 6.91. The minimum absolute atomic E-state index is 0.0323. The zero-order chi connectivity index (χ0) is 22.3. The highest BCUT2D eigenvalue weighted by atomic mass is 16.2. The second-order valence-electron chi connectivity index (χ2n) is 9.03. The summed E-state index contributed by atoms with van der Waals surface area (Å²) in [7, 11) is 3.41. The highest BCUT2D eigenvalue weighted by Crippen LogP contribution is 2.11. The fourth-order valence-electron chi connectivity index (χ4n) is 3.36. The molecule has 0 bridgehead atoms. The van der Waals surface area contributed by atoms with E-state index in [4.69, 9.17) is 0 Å². The zero-order valence-electron chi connectivity index (χ0n) is 18.8. The third-order valence-electron chi connectivity index (χ3n) is 4.75. The van der Waals surface area contributed by atoms with Gasteiger partial charge in [-0.1, -0.05) is 0 Å². The Hall–Kier alpha value is -2.45. The van der Waals surface area contributed by atoms with Crippen LogP contribution in [0.2, 0.25) is 0 Å². The van der Waals surface area contributed by atoms with Crippen LogP contribution in [0.1, 0.15) is 37.6 Å². The van der Waals surface area contributed by atoms with Crippen molar-refractivity contribution >= 4 is 23.4 Å². The Morgan fingerprint density at radius 3 is 1.93 bits per heavy atom. The van der Waals surface area contributed by atoms with Crippen LogP contribution in [-0.2, 0) is 9.59 Å². The number of hydrogen-bond donors (Lipinski definition) is 2. The maximum Gasteiger partial charge on any atom is 0.253 e. The van der Waals surface area contributed by atoms with Crippen LogP contribution < -0.4 is 10.6 Å². The molecule has 0 saturated carbocycles. The van der Waals surface area contributed by atoms with Gasteiger partial charge in [-0.25, -0.2) is 0 Å². The monoisotopic (exact) mass is 417 g/mol.